The van der Waals surface area contributed by atoms with Gasteiger partial charge in [0.1, 0.15) is 5.82 Å². The average Bonchev–Trinajstić information content (AvgIpc) is 3.10. The predicted octanol–water partition coefficient (Wildman–Crippen LogP) is 2.68. The molecule has 4 rings (SSSR count). The third-order valence-electron chi connectivity index (χ3n) is 5.00. The molecule has 1 fully saturated rings. The Morgan fingerprint density at radius 3 is 2.46 bits per heavy atom. The normalized spacial score (nSPS) is 20.6. The molecule has 124 valence electrons. The molecule has 1 aliphatic carbocycles. The van der Waals surface area contributed by atoms with E-state index in [4.69, 9.17) is 0 Å². The fraction of sp³-hybridized carbons (Fsp3) is 0.350. The van der Waals surface area contributed by atoms with Crippen LogP contribution in [0.25, 0.3) is 0 Å². The third-order valence-corrected chi connectivity index (χ3v) is 5.00. The highest BCUT2D eigenvalue weighted by molar-refractivity contribution is 5.79. The fourth-order valence-corrected chi connectivity index (χ4v) is 3.90. The Labute approximate surface area is 141 Å². The first-order valence-corrected chi connectivity index (χ1v) is 8.52. The molecule has 2 aromatic carbocycles. The zero-order valence-electron chi connectivity index (χ0n) is 13.5. The second-order valence-electron chi connectivity index (χ2n) is 6.85. The van der Waals surface area contributed by atoms with Crippen LogP contribution in [0.4, 0.5) is 4.39 Å². The minimum Gasteiger partial charge on any atom is -0.337 e. The quantitative estimate of drug-likeness (QED) is 0.938. The zero-order chi connectivity index (χ0) is 16.5. The lowest BCUT2D eigenvalue weighted by molar-refractivity contribution is -0.128. The van der Waals surface area contributed by atoms with Crippen molar-refractivity contribution in [1.82, 2.24) is 10.2 Å². The van der Waals surface area contributed by atoms with Crippen LogP contribution in [0.3, 0.4) is 0 Å². The molecule has 2 aliphatic rings. The Balaban J connectivity index is 1.35. The van der Waals surface area contributed by atoms with Gasteiger partial charge in [0.05, 0.1) is 0 Å². The molecule has 0 aromatic heterocycles. The van der Waals surface area contributed by atoms with Crippen LogP contribution < -0.4 is 5.32 Å². The number of nitrogens with one attached hydrogen (secondary N) is 1. The first-order chi connectivity index (χ1) is 11.7. The van der Waals surface area contributed by atoms with Crippen molar-refractivity contribution >= 4 is 5.91 Å². The summed E-state index contributed by atoms with van der Waals surface area (Å²) in [6, 6.07) is 15.6. The number of carbonyl (C=O) groups excluding carboxylic acids is 1. The van der Waals surface area contributed by atoms with Gasteiger partial charge in [-0.1, -0.05) is 36.4 Å². The lowest BCUT2D eigenvalue weighted by atomic mass is 10.1. The molecule has 0 spiro atoms. The van der Waals surface area contributed by atoms with E-state index < -0.39 is 0 Å². The van der Waals surface area contributed by atoms with Crippen molar-refractivity contribution < 1.29 is 9.18 Å². The molecule has 2 aromatic rings. The van der Waals surface area contributed by atoms with Gasteiger partial charge in [0.2, 0.25) is 5.91 Å². The highest BCUT2D eigenvalue weighted by Gasteiger charge is 2.32. The van der Waals surface area contributed by atoms with E-state index in [0.29, 0.717) is 25.6 Å². The SMILES string of the molecule is O=C1C[C@@H](NC2Cc3ccccc3C2)CN1Cc1cccc(F)c1. The number of likely N-dealkylation sites (tertiary alicyclic amines) is 1. The van der Waals surface area contributed by atoms with Gasteiger partial charge >= 0.3 is 0 Å². The second kappa shape index (κ2) is 6.36. The average molecular weight is 324 g/mol. The number of carbonyl (C=O) groups is 1. The standard InChI is InChI=1S/C20H21FN2O/c21-17-7-3-4-14(8-17)12-23-13-19(11-20(23)24)22-18-9-15-5-1-2-6-16(15)10-18/h1-8,18-19,22H,9-13H2/t19-/m1/s1. The molecule has 3 nitrogen and oxygen atoms in total. The summed E-state index contributed by atoms with van der Waals surface area (Å²) in [6.45, 7) is 1.18. The third kappa shape index (κ3) is 3.20. The number of benzene rings is 2. The van der Waals surface area contributed by atoms with Gasteiger partial charge in [-0.25, -0.2) is 4.39 Å². The monoisotopic (exact) mass is 324 g/mol. The summed E-state index contributed by atoms with van der Waals surface area (Å²) < 4.78 is 13.3. The maximum absolute atomic E-state index is 13.3. The minimum absolute atomic E-state index is 0.146. The zero-order valence-corrected chi connectivity index (χ0v) is 13.5. The molecule has 1 saturated heterocycles. The van der Waals surface area contributed by atoms with Gasteiger partial charge in [0.25, 0.3) is 0 Å². The predicted molar refractivity (Wildman–Crippen MR) is 91.0 cm³/mol. The van der Waals surface area contributed by atoms with Crippen molar-refractivity contribution in [1.29, 1.82) is 0 Å². The topological polar surface area (TPSA) is 32.3 Å². The van der Waals surface area contributed by atoms with Gasteiger partial charge in [0, 0.05) is 31.6 Å². The first kappa shape index (κ1) is 15.3. The van der Waals surface area contributed by atoms with Crippen LogP contribution in [0.15, 0.2) is 48.5 Å². The van der Waals surface area contributed by atoms with E-state index in [2.05, 4.69) is 29.6 Å². The van der Waals surface area contributed by atoms with Gasteiger partial charge in [-0.05, 0) is 41.7 Å². The number of fused-ring (bicyclic) bond motifs is 1. The van der Waals surface area contributed by atoms with Crippen LogP contribution in [-0.4, -0.2) is 29.4 Å². The Morgan fingerprint density at radius 1 is 1.00 bits per heavy atom. The van der Waals surface area contributed by atoms with Crippen molar-refractivity contribution in [3.8, 4) is 0 Å². The van der Waals surface area contributed by atoms with Crippen LogP contribution in [-0.2, 0) is 24.2 Å². The summed E-state index contributed by atoms with van der Waals surface area (Å²) in [6.07, 6.45) is 2.59. The Hall–Kier alpha value is -2.20. The summed E-state index contributed by atoms with van der Waals surface area (Å²) in [4.78, 5) is 14.1. The van der Waals surface area contributed by atoms with E-state index in [-0.39, 0.29) is 17.8 Å². The van der Waals surface area contributed by atoms with E-state index in [1.165, 1.54) is 23.3 Å². The van der Waals surface area contributed by atoms with Crippen LogP contribution in [0, 0.1) is 5.82 Å². The molecular formula is C20H21FN2O. The summed E-state index contributed by atoms with van der Waals surface area (Å²) in [7, 11) is 0. The molecule has 1 atom stereocenters. The first-order valence-electron chi connectivity index (χ1n) is 8.52. The van der Waals surface area contributed by atoms with Crippen molar-refractivity contribution in [3.63, 3.8) is 0 Å². The van der Waals surface area contributed by atoms with E-state index in [9.17, 15) is 9.18 Å². The molecule has 24 heavy (non-hydrogen) atoms. The maximum Gasteiger partial charge on any atom is 0.224 e. The number of hydrogen-bond acceptors (Lipinski definition) is 2. The molecule has 1 heterocycles. The van der Waals surface area contributed by atoms with Crippen molar-refractivity contribution in [2.45, 2.75) is 37.9 Å². The lowest BCUT2D eigenvalue weighted by Gasteiger charge is -2.20. The van der Waals surface area contributed by atoms with Crippen LogP contribution in [0.5, 0.6) is 0 Å². The molecule has 0 unspecified atom stereocenters. The summed E-state index contributed by atoms with van der Waals surface area (Å²) >= 11 is 0. The lowest BCUT2D eigenvalue weighted by Crippen LogP contribution is -2.40. The van der Waals surface area contributed by atoms with Crippen molar-refractivity contribution in [2.24, 2.45) is 0 Å². The fourth-order valence-electron chi connectivity index (χ4n) is 3.90. The molecule has 4 heteroatoms. The van der Waals surface area contributed by atoms with Gasteiger partial charge < -0.3 is 10.2 Å². The number of hydrogen-bond donors (Lipinski definition) is 1. The number of amides is 1. The van der Waals surface area contributed by atoms with Crippen molar-refractivity contribution in [2.75, 3.05) is 6.54 Å². The van der Waals surface area contributed by atoms with Crippen LogP contribution in [0.1, 0.15) is 23.1 Å². The number of halogens is 1. The summed E-state index contributed by atoms with van der Waals surface area (Å²) in [5, 5.41) is 3.65. The smallest absolute Gasteiger partial charge is 0.224 e. The second-order valence-corrected chi connectivity index (χ2v) is 6.85. The van der Waals surface area contributed by atoms with Crippen molar-refractivity contribution in [3.05, 3.63) is 71.0 Å². The van der Waals surface area contributed by atoms with Gasteiger partial charge in [-0.15, -0.1) is 0 Å². The van der Waals surface area contributed by atoms with E-state index in [0.717, 1.165) is 18.4 Å². The Kier molecular flexibility index (Phi) is 4.07. The van der Waals surface area contributed by atoms with Gasteiger partial charge in [-0.3, -0.25) is 4.79 Å². The Morgan fingerprint density at radius 2 is 1.75 bits per heavy atom. The maximum atomic E-state index is 13.3. The van der Waals surface area contributed by atoms with Gasteiger partial charge in [-0.2, -0.15) is 0 Å². The highest BCUT2D eigenvalue weighted by atomic mass is 19.1. The molecule has 1 N–H and O–H groups in total. The molecule has 0 saturated carbocycles. The molecule has 1 amide bonds. The van der Waals surface area contributed by atoms with E-state index in [1.54, 1.807) is 6.07 Å². The minimum atomic E-state index is -0.252. The largest absolute Gasteiger partial charge is 0.337 e. The van der Waals surface area contributed by atoms with Crippen LogP contribution in [0.2, 0.25) is 0 Å². The number of rotatable bonds is 4. The van der Waals surface area contributed by atoms with E-state index >= 15 is 0 Å². The number of nitrogens with zero attached hydrogens (tertiary/aromatic N) is 1. The van der Waals surface area contributed by atoms with E-state index in [1.807, 2.05) is 11.0 Å². The van der Waals surface area contributed by atoms with Gasteiger partial charge in [0.15, 0.2) is 0 Å². The van der Waals surface area contributed by atoms with Crippen LogP contribution >= 0.6 is 0 Å². The molecule has 0 radical (unpaired) electrons. The summed E-state index contributed by atoms with van der Waals surface area (Å²) in [5.41, 5.74) is 3.67. The molecular weight excluding hydrogens is 303 g/mol. The summed E-state index contributed by atoms with van der Waals surface area (Å²) in [5.74, 6) is -0.107. The molecule has 1 aliphatic heterocycles. The Bertz CT molecular complexity index is 736. The highest BCUT2D eigenvalue weighted by Crippen LogP contribution is 2.23. The molecule has 0 bridgehead atoms.